The molecule has 0 radical (unpaired) electrons. The number of fused-ring (bicyclic) bond motifs is 1. The van der Waals surface area contributed by atoms with Gasteiger partial charge in [-0.05, 0) is 48.9 Å². The first-order chi connectivity index (χ1) is 16.9. The summed E-state index contributed by atoms with van der Waals surface area (Å²) in [6.45, 7) is 1.99. The van der Waals surface area contributed by atoms with Gasteiger partial charge in [-0.15, -0.1) is 0 Å². The molecule has 0 aliphatic rings. The zero-order valence-electron chi connectivity index (χ0n) is 19.0. The van der Waals surface area contributed by atoms with Crippen molar-refractivity contribution in [3.05, 3.63) is 94.7 Å². The van der Waals surface area contributed by atoms with E-state index < -0.39 is 5.82 Å². The van der Waals surface area contributed by atoms with E-state index >= 15 is 0 Å². The lowest BCUT2D eigenvalue weighted by Gasteiger charge is -2.13. The van der Waals surface area contributed by atoms with Crippen molar-refractivity contribution < 1.29 is 13.9 Å². The van der Waals surface area contributed by atoms with Gasteiger partial charge in [-0.1, -0.05) is 23.7 Å². The molecule has 7 nitrogen and oxygen atoms in total. The number of nitrogens with zero attached hydrogens (tertiary/aromatic N) is 3. The number of nitrogens with one attached hydrogen (secondary N) is 2. The largest absolute Gasteiger partial charge is 0.456 e. The Morgan fingerprint density at radius 3 is 2.83 bits per heavy atom. The number of aryl methyl sites for hydroxylation is 1. The predicted molar refractivity (Wildman–Crippen MR) is 132 cm³/mol. The van der Waals surface area contributed by atoms with Crippen LogP contribution >= 0.6 is 11.6 Å². The number of aromatic nitrogens is 4. The van der Waals surface area contributed by atoms with E-state index in [1.165, 1.54) is 12.1 Å². The number of pyridine rings is 1. The third-order valence-corrected chi connectivity index (χ3v) is 6.00. The lowest BCUT2D eigenvalue weighted by Crippen LogP contribution is -2.23. The fourth-order valence-electron chi connectivity index (χ4n) is 3.82. The molecule has 1 amide bonds. The van der Waals surface area contributed by atoms with Crippen molar-refractivity contribution in [1.29, 1.82) is 0 Å². The predicted octanol–water partition coefficient (Wildman–Crippen LogP) is 5.79. The van der Waals surface area contributed by atoms with Crippen LogP contribution in [0.15, 0.2) is 67.1 Å². The standard InChI is InChI=1S/C26H21ClFN5O2/c1-15-18(26(34)30-12-16-6-7-20(27)21(28)10-16)4-3-5-23(15)35-24-8-9-29-25-19(24)11-22(32-25)17-13-31-33(2)14-17/h3-11,13-14H,12H2,1-2H3,(H,29,32)(H,30,34). The van der Waals surface area contributed by atoms with Gasteiger partial charge in [-0.2, -0.15) is 5.10 Å². The molecule has 0 unspecified atom stereocenters. The quantitative estimate of drug-likeness (QED) is 0.316. The van der Waals surface area contributed by atoms with Crippen LogP contribution in [-0.2, 0) is 13.6 Å². The maximum absolute atomic E-state index is 13.7. The summed E-state index contributed by atoms with van der Waals surface area (Å²) in [4.78, 5) is 20.6. The van der Waals surface area contributed by atoms with Crippen LogP contribution in [0.2, 0.25) is 5.02 Å². The van der Waals surface area contributed by atoms with Crippen LogP contribution in [0.1, 0.15) is 21.5 Å². The monoisotopic (exact) mass is 489 g/mol. The zero-order valence-corrected chi connectivity index (χ0v) is 19.7. The molecule has 0 spiro atoms. The Balaban J connectivity index is 1.38. The molecule has 9 heteroatoms. The Kier molecular flexibility index (Phi) is 5.96. The van der Waals surface area contributed by atoms with E-state index in [1.807, 2.05) is 32.3 Å². The van der Waals surface area contributed by atoms with Crippen LogP contribution in [0.3, 0.4) is 0 Å². The second kappa shape index (κ2) is 9.23. The molecular formula is C26H21ClFN5O2. The van der Waals surface area contributed by atoms with Gasteiger partial charge in [0.05, 0.1) is 22.3 Å². The number of aromatic amines is 1. The molecule has 5 rings (SSSR count). The van der Waals surface area contributed by atoms with Gasteiger partial charge in [0.25, 0.3) is 5.91 Å². The van der Waals surface area contributed by atoms with Crippen LogP contribution in [0, 0.1) is 12.7 Å². The molecule has 0 bridgehead atoms. The summed E-state index contributed by atoms with van der Waals surface area (Å²) in [5.41, 5.74) is 4.25. The number of carbonyl (C=O) groups excluding carboxylic acids is 1. The van der Waals surface area contributed by atoms with E-state index in [2.05, 4.69) is 20.4 Å². The molecule has 0 aliphatic heterocycles. The van der Waals surface area contributed by atoms with Gasteiger partial charge in [0.2, 0.25) is 0 Å². The molecule has 0 saturated carbocycles. The van der Waals surface area contributed by atoms with Crippen molar-refractivity contribution in [2.75, 3.05) is 0 Å². The Bertz CT molecular complexity index is 1560. The number of hydrogen-bond donors (Lipinski definition) is 2. The van der Waals surface area contributed by atoms with Crippen molar-refractivity contribution in [2.24, 2.45) is 7.05 Å². The summed E-state index contributed by atoms with van der Waals surface area (Å²) in [5, 5.41) is 7.89. The van der Waals surface area contributed by atoms with Crippen molar-refractivity contribution in [3.63, 3.8) is 0 Å². The molecule has 5 aromatic rings. The highest BCUT2D eigenvalue weighted by Crippen LogP contribution is 2.34. The van der Waals surface area contributed by atoms with Crippen molar-refractivity contribution in [1.82, 2.24) is 25.1 Å². The lowest BCUT2D eigenvalue weighted by atomic mass is 10.1. The molecule has 3 heterocycles. The summed E-state index contributed by atoms with van der Waals surface area (Å²) in [6, 6.07) is 13.5. The van der Waals surface area contributed by atoms with Gasteiger partial charge in [0, 0.05) is 42.7 Å². The van der Waals surface area contributed by atoms with Crippen molar-refractivity contribution in [2.45, 2.75) is 13.5 Å². The Labute approximate surface area is 205 Å². The van der Waals surface area contributed by atoms with E-state index in [1.54, 1.807) is 41.3 Å². The molecule has 2 N–H and O–H groups in total. The minimum Gasteiger partial charge on any atom is -0.456 e. The SMILES string of the molecule is Cc1c(Oc2ccnc3[nH]c(-c4cnn(C)c4)cc23)cccc1C(=O)NCc1ccc(Cl)c(F)c1. The minimum absolute atomic E-state index is 0.0426. The lowest BCUT2D eigenvalue weighted by molar-refractivity contribution is 0.0950. The molecule has 0 saturated heterocycles. The number of H-pyrrole nitrogens is 1. The summed E-state index contributed by atoms with van der Waals surface area (Å²) in [6.07, 6.45) is 5.35. The number of ether oxygens (including phenoxy) is 1. The normalized spacial score (nSPS) is 11.1. The zero-order chi connectivity index (χ0) is 24.5. The van der Waals surface area contributed by atoms with Crippen LogP contribution in [0.25, 0.3) is 22.3 Å². The number of amides is 1. The average Bonchev–Trinajstić information content (AvgIpc) is 3.48. The smallest absolute Gasteiger partial charge is 0.251 e. The van der Waals surface area contributed by atoms with Crippen LogP contribution in [0.5, 0.6) is 11.5 Å². The van der Waals surface area contributed by atoms with Gasteiger partial charge in [-0.3, -0.25) is 9.48 Å². The topological polar surface area (TPSA) is 84.8 Å². The first-order valence-electron chi connectivity index (χ1n) is 10.9. The summed E-state index contributed by atoms with van der Waals surface area (Å²) in [5.74, 6) is 0.347. The Morgan fingerprint density at radius 1 is 1.20 bits per heavy atom. The van der Waals surface area contributed by atoms with Gasteiger partial charge in [0.15, 0.2) is 0 Å². The molecule has 0 atom stereocenters. The number of carbonyl (C=O) groups is 1. The van der Waals surface area contributed by atoms with E-state index in [0.29, 0.717) is 33.8 Å². The minimum atomic E-state index is -0.523. The van der Waals surface area contributed by atoms with E-state index in [4.69, 9.17) is 16.3 Å². The van der Waals surface area contributed by atoms with Gasteiger partial charge in [0.1, 0.15) is 23.0 Å². The second-order valence-corrected chi connectivity index (χ2v) is 8.53. The fourth-order valence-corrected chi connectivity index (χ4v) is 3.94. The van der Waals surface area contributed by atoms with Gasteiger partial charge >= 0.3 is 0 Å². The van der Waals surface area contributed by atoms with Crippen molar-refractivity contribution in [3.8, 4) is 22.8 Å². The first kappa shape index (κ1) is 22.6. The van der Waals surface area contributed by atoms with E-state index in [-0.39, 0.29) is 17.5 Å². The maximum Gasteiger partial charge on any atom is 0.251 e. The van der Waals surface area contributed by atoms with Crippen LogP contribution in [-0.4, -0.2) is 25.7 Å². The third kappa shape index (κ3) is 4.61. The highest BCUT2D eigenvalue weighted by Gasteiger charge is 2.16. The number of halogens is 2. The van der Waals surface area contributed by atoms with Crippen LogP contribution < -0.4 is 10.1 Å². The fraction of sp³-hybridized carbons (Fsp3) is 0.115. The van der Waals surface area contributed by atoms with Gasteiger partial charge in [-0.25, -0.2) is 9.37 Å². The Morgan fingerprint density at radius 2 is 2.06 bits per heavy atom. The number of benzene rings is 2. The van der Waals surface area contributed by atoms with Crippen molar-refractivity contribution >= 4 is 28.5 Å². The highest BCUT2D eigenvalue weighted by atomic mass is 35.5. The summed E-state index contributed by atoms with van der Waals surface area (Å²) >= 11 is 5.73. The van der Waals surface area contributed by atoms with Gasteiger partial charge < -0.3 is 15.0 Å². The molecule has 2 aromatic carbocycles. The Hall–Kier alpha value is -4.17. The van der Waals surface area contributed by atoms with E-state index in [9.17, 15) is 9.18 Å². The molecule has 3 aromatic heterocycles. The molecular weight excluding hydrogens is 469 g/mol. The summed E-state index contributed by atoms with van der Waals surface area (Å²) < 4.78 is 21.7. The average molecular weight is 490 g/mol. The second-order valence-electron chi connectivity index (χ2n) is 8.12. The highest BCUT2D eigenvalue weighted by molar-refractivity contribution is 6.30. The van der Waals surface area contributed by atoms with E-state index in [0.717, 1.165) is 16.6 Å². The first-order valence-corrected chi connectivity index (χ1v) is 11.2. The molecule has 176 valence electrons. The molecule has 0 aliphatic carbocycles. The third-order valence-electron chi connectivity index (χ3n) is 5.69. The van der Waals surface area contributed by atoms with Crippen LogP contribution in [0.4, 0.5) is 4.39 Å². The number of hydrogen-bond acceptors (Lipinski definition) is 4. The maximum atomic E-state index is 13.7. The molecule has 0 fully saturated rings. The molecule has 35 heavy (non-hydrogen) atoms. The number of rotatable bonds is 6. The summed E-state index contributed by atoms with van der Waals surface area (Å²) in [7, 11) is 1.86.